The molecule has 4 aromatic rings. The molecular weight excluding hydrogens is 609 g/mol. The number of esters is 1. The lowest BCUT2D eigenvalue weighted by Crippen LogP contribution is -2.39. The van der Waals surface area contributed by atoms with Crippen LogP contribution in [-0.4, -0.2) is 40.7 Å². The van der Waals surface area contributed by atoms with E-state index in [9.17, 15) is 14.0 Å². The second-order valence-corrected chi connectivity index (χ2v) is 14.8. The van der Waals surface area contributed by atoms with Crippen LogP contribution in [0.3, 0.4) is 0 Å². The Hall–Kier alpha value is -4.24. The highest BCUT2D eigenvalue weighted by atomic mass is 19.1. The highest BCUT2D eigenvalue weighted by Gasteiger charge is 2.37. The van der Waals surface area contributed by atoms with Crippen LogP contribution in [0, 0.1) is 25.1 Å². The fourth-order valence-electron chi connectivity index (χ4n) is 6.28. The van der Waals surface area contributed by atoms with Crippen LogP contribution < -0.4 is 15.2 Å². The molecule has 2 aromatic heterocycles. The molecule has 1 aliphatic heterocycles. The van der Waals surface area contributed by atoms with E-state index >= 15 is 0 Å². The summed E-state index contributed by atoms with van der Waals surface area (Å²) in [4.78, 5) is 36.8. The molecule has 0 saturated carbocycles. The highest BCUT2D eigenvalue weighted by molar-refractivity contribution is 5.94. The lowest BCUT2D eigenvalue weighted by atomic mass is 9.81. The van der Waals surface area contributed by atoms with Gasteiger partial charge in [-0.15, -0.1) is 0 Å². The van der Waals surface area contributed by atoms with Crippen molar-refractivity contribution >= 4 is 22.6 Å². The van der Waals surface area contributed by atoms with Crippen LogP contribution in [0.2, 0.25) is 0 Å². The highest BCUT2D eigenvalue weighted by Crippen LogP contribution is 2.46. The van der Waals surface area contributed by atoms with Crippen LogP contribution in [0.15, 0.2) is 53.3 Å². The fourth-order valence-corrected chi connectivity index (χ4v) is 6.28. The lowest BCUT2D eigenvalue weighted by Gasteiger charge is -2.41. The van der Waals surface area contributed by atoms with E-state index in [1.807, 2.05) is 66.7 Å². The number of benzene rings is 2. The molecule has 1 N–H and O–H groups in total. The molecule has 0 radical (unpaired) electrons. The summed E-state index contributed by atoms with van der Waals surface area (Å²) in [6.45, 7) is 19.7. The maximum absolute atomic E-state index is 13.8. The predicted octanol–water partition coefficient (Wildman–Crippen LogP) is 8.36. The average Bonchev–Trinajstić information content (AvgIpc) is 2.98. The minimum absolute atomic E-state index is 0.164. The molecule has 1 unspecified atom stereocenters. The molecule has 0 spiro atoms. The zero-order valence-electron chi connectivity index (χ0n) is 29.6. The molecule has 8 nitrogen and oxygen atoms in total. The van der Waals surface area contributed by atoms with Crippen LogP contribution in [0.4, 0.5) is 10.1 Å². The second kappa shape index (κ2) is 13.7. The Morgan fingerprint density at radius 1 is 1.02 bits per heavy atom. The number of piperidine rings is 1. The number of fused-ring (bicyclic) bond motifs is 1. The zero-order chi connectivity index (χ0) is 35.0. The van der Waals surface area contributed by atoms with E-state index in [1.54, 1.807) is 12.1 Å². The van der Waals surface area contributed by atoms with Crippen molar-refractivity contribution in [3.8, 4) is 16.9 Å². The normalized spacial score (nSPS) is 15.5. The smallest absolute Gasteiger partial charge is 0.340 e. The first-order chi connectivity index (χ1) is 22.5. The zero-order valence-corrected chi connectivity index (χ0v) is 29.6. The predicted molar refractivity (Wildman–Crippen MR) is 188 cm³/mol. The molecule has 1 saturated heterocycles. The van der Waals surface area contributed by atoms with E-state index in [1.165, 1.54) is 18.2 Å². The number of carbonyl (C=O) groups is 1. The number of pyridine rings is 2. The van der Waals surface area contributed by atoms with Crippen molar-refractivity contribution in [2.75, 3.05) is 18.0 Å². The Morgan fingerprint density at radius 3 is 2.31 bits per heavy atom. The third-order valence-electron chi connectivity index (χ3n) is 8.71. The maximum atomic E-state index is 13.8. The monoisotopic (exact) mass is 657 g/mol. The number of nitrogens with one attached hydrogen (secondary N) is 1. The topological polar surface area (TPSA) is 93.8 Å². The van der Waals surface area contributed by atoms with Gasteiger partial charge in [0.05, 0.1) is 22.9 Å². The molecule has 2 aromatic carbocycles. The number of aromatic amines is 1. The van der Waals surface area contributed by atoms with Gasteiger partial charge in [-0.2, -0.15) is 0 Å². The standard InChI is InChI=1S/C39H48FN3O5/c1-23(2)47-37(45)36(48-38(5,6)7)34-25(4)41-24(3)33(35(34)43-18-16-39(8,9)17-19-43)27-12-15-30-29(20-27)31(21-32(44)42-30)46-22-26-10-13-28(40)14-11-26/h10-15,20-21,23,36H,16-19,22H2,1-9H3,(H,42,44). The average molecular weight is 658 g/mol. The van der Waals surface area contributed by atoms with Crippen molar-refractivity contribution < 1.29 is 23.4 Å². The number of carbonyl (C=O) groups excluding carboxylic acids is 1. The van der Waals surface area contributed by atoms with Gasteiger partial charge in [0, 0.05) is 47.1 Å². The van der Waals surface area contributed by atoms with Crippen molar-refractivity contribution in [2.45, 2.75) is 99.6 Å². The van der Waals surface area contributed by atoms with Gasteiger partial charge in [0.1, 0.15) is 18.2 Å². The van der Waals surface area contributed by atoms with E-state index in [4.69, 9.17) is 19.2 Å². The summed E-state index contributed by atoms with van der Waals surface area (Å²) < 4.78 is 32.0. The Morgan fingerprint density at radius 2 is 1.69 bits per heavy atom. The largest absolute Gasteiger partial charge is 0.488 e. The quantitative estimate of drug-likeness (QED) is 0.181. The van der Waals surface area contributed by atoms with E-state index in [0.717, 1.165) is 54.0 Å². The van der Waals surface area contributed by atoms with Gasteiger partial charge in [-0.25, -0.2) is 9.18 Å². The molecule has 1 aliphatic rings. The molecule has 3 heterocycles. The summed E-state index contributed by atoms with van der Waals surface area (Å²) >= 11 is 0. The fraction of sp³-hybridized carbons (Fsp3) is 0.462. The second-order valence-electron chi connectivity index (χ2n) is 14.8. The maximum Gasteiger partial charge on any atom is 0.340 e. The summed E-state index contributed by atoms with van der Waals surface area (Å²) in [6, 6.07) is 13.4. The molecule has 1 fully saturated rings. The number of hydrogen-bond acceptors (Lipinski definition) is 7. The van der Waals surface area contributed by atoms with Crippen molar-refractivity contribution in [2.24, 2.45) is 5.41 Å². The van der Waals surface area contributed by atoms with Gasteiger partial charge in [0.25, 0.3) is 5.56 Å². The summed E-state index contributed by atoms with van der Waals surface area (Å²) in [7, 11) is 0. The number of hydrogen-bond donors (Lipinski definition) is 1. The van der Waals surface area contributed by atoms with E-state index in [2.05, 4.69) is 23.7 Å². The van der Waals surface area contributed by atoms with E-state index < -0.39 is 17.7 Å². The molecule has 0 aliphatic carbocycles. The summed E-state index contributed by atoms with van der Waals surface area (Å²) in [6.07, 6.45) is 0.634. The van der Waals surface area contributed by atoms with Gasteiger partial charge >= 0.3 is 5.97 Å². The minimum atomic E-state index is -1.00. The van der Waals surface area contributed by atoms with Gasteiger partial charge in [-0.05, 0) is 102 Å². The van der Waals surface area contributed by atoms with Crippen LogP contribution in [0.25, 0.3) is 22.0 Å². The van der Waals surface area contributed by atoms with Crippen molar-refractivity contribution in [1.82, 2.24) is 9.97 Å². The molecular formula is C39H48FN3O5. The van der Waals surface area contributed by atoms with Crippen molar-refractivity contribution in [3.05, 3.63) is 87.2 Å². The van der Waals surface area contributed by atoms with Crippen LogP contribution in [0.1, 0.15) is 89.9 Å². The number of H-pyrrole nitrogens is 1. The van der Waals surface area contributed by atoms with Crippen LogP contribution in [-0.2, 0) is 20.9 Å². The minimum Gasteiger partial charge on any atom is -0.488 e. The van der Waals surface area contributed by atoms with Gasteiger partial charge in [0.2, 0.25) is 0 Å². The summed E-state index contributed by atoms with van der Waals surface area (Å²) in [5, 5.41) is 0.711. The SMILES string of the molecule is Cc1nc(C)c(C(OC(C)(C)C)C(=O)OC(C)C)c(N2CCC(C)(C)CC2)c1-c1ccc2[nH]c(=O)cc(OCc3ccc(F)cc3)c2c1. The van der Waals surface area contributed by atoms with Crippen molar-refractivity contribution in [1.29, 1.82) is 0 Å². The first-order valence-corrected chi connectivity index (χ1v) is 16.7. The molecule has 48 heavy (non-hydrogen) atoms. The third kappa shape index (κ3) is 8.06. The Balaban J connectivity index is 1.72. The molecule has 0 amide bonds. The van der Waals surface area contributed by atoms with Gasteiger partial charge in [-0.1, -0.05) is 32.0 Å². The van der Waals surface area contributed by atoms with Crippen LogP contribution in [0.5, 0.6) is 5.75 Å². The van der Waals surface area contributed by atoms with E-state index in [-0.39, 0.29) is 29.5 Å². The lowest BCUT2D eigenvalue weighted by molar-refractivity contribution is -0.171. The summed E-state index contributed by atoms with van der Waals surface area (Å²) in [5.41, 5.74) is 5.51. The molecule has 9 heteroatoms. The molecule has 5 rings (SSSR count). The Bertz CT molecular complexity index is 1850. The number of ether oxygens (including phenoxy) is 3. The Kier molecular flexibility index (Phi) is 10.0. The molecule has 0 bridgehead atoms. The van der Waals surface area contributed by atoms with Gasteiger partial charge < -0.3 is 24.1 Å². The molecule has 1 atom stereocenters. The number of rotatable bonds is 9. The Labute approximate surface area is 282 Å². The van der Waals surface area contributed by atoms with Crippen LogP contribution >= 0.6 is 0 Å². The summed E-state index contributed by atoms with van der Waals surface area (Å²) in [5.74, 6) is -0.369. The van der Waals surface area contributed by atoms with Gasteiger partial charge in [-0.3, -0.25) is 9.78 Å². The number of nitrogens with zero attached hydrogens (tertiary/aromatic N) is 2. The molecule has 256 valence electrons. The number of aromatic nitrogens is 2. The first-order valence-electron chi connectivity index (χ1n) is 16.7. The third-order valence-corrected chi connectivity index (χ3v) is 8.71. The number of halogens is 1. The number of aryl methyl sites for hydroxylation is 2. The number of anilines is 1. The van der Waals surface area contributed by atoms with Gasteiger partial charge in [0.15, 0.2) is 6.10 Å². The first kappa shape index (κ1) is 35.1. The van der Waals surface area contributed by atoms with E-state index in [0.29, 0.717) is 27.9 Å². The van der Waals surface area contributed by atoms with Crippen molar-refractivity contribution in [3.63, 3.8) is 0 Å².